The number of hydrogen-bond acceptors (Lipinski definition) is 3. The molecule has 4 heteroatoms. The fourth-order valence-electron chi connectivity index (χ4n) is 1.93. The lowest BCUT2D eigenvalue weighted by Crippen LogP contribution is -2.33. The van der Waals surface area contributed by atoms with Crippen molar-refractivity contribution in [3.63, 3.8) is 0 Å². The molecule has 0 aliphatic rings. The zero-order valence-electron chi connectivity index (χ0n) is 11.4. The van der Waals surface area contributed by atoms with E-state index in [1.807, 2.05) is 4.90 Å². The van der Waals surface area contributed by atoms with Crippen molar-refractivity contribution in [3.8, 4) is 0 Å². The highest BCUT2D eigenvalue weighted by atomic mass is 19.1. The van der Waals surface area contributed by atoms with Crippen LogP contribution in [0.25, 0.3) is 0 Å². The van der Waals surface area contributed by atoms with Crippen LogP contribution in [0.5, 0.6) is 0 Å². The van der Waals surface area contributed by atoms with Gasteiger partial charge in [0.1, 0.15) is 5.82 Å². The summed E-state index contributed by atoms with van der Waals surface area (Å²) < 4.78 is 12.8. The van der Waals surface area contributed by atoms with E-state index in [1.165, 1.54) is 12.1 Å². The third kappa shape index (κ3) is 6.45. The molecule has 0 bridgehead atoms. The Kier molecular flexibility index (Phi) is 7.30. The topological polar surface area (TPSA) is 40.5 Å². The van der Waals surface area contributed by atoms with Crippen molar-refractivity contribution in [2.45, 2.75) is 26.2 Å². The van der Waals surface area contributed by atoms with Crippen molar-refractivity contribution < 1.29 is 14.3 Å². The minimum Gasteiger partial charge on any atom is -0.395 e. The highest BCUT2D eigenvalue weighted by molar-refractivity contribution is 5.82. The second kappa shape index (κ2) is 8.77. The molecular weight excluding hydrogens is 245 g/mol. The van der Waals surface area contributed by atoms with Gasteiger partial charge >= 0.3 is 0 Å². The first-order valence-corrected chi connectivity index (χ1v) is 6.75. The molecule has 0 spiro atoms. The first-order valence-electron chi connectivity index (χ1n) is 6.75. The summed E-state index contributed by atoms with van der Waals surface area (Å²) in [5.41, 5.74) is 0.825. The maximum absolute atomic E-state index is 12.8. The predicted octanol–water partition coefficient (Wildman–Crippen LogP) is 2.03. The number of ketones is 1. The lowest BCUT2D eigenvalue weighted by atomic mass is 10.1. The zero-order valence-corrected chi connectivity index (χ0v) is 11.4. The Morgan fingerprint density at radius 3 is 2.53 bits per heavy atom. The van der Waals surface area contributed by atoms with E-state index < -0.39 is 0 Å². The molecule has 1 rings (SSSR count). The van der Waals surface area contributed by atoms with Crippen LogP contribution in [-0.2, 0) is 11.2 Å². The van der Waals surface area contributed by atoms with Crippen LogP contribution in [-0.4, -0.2) is 42.0 Å². The van der Waals surface area contributed by atoms with Gasteiger partial charge in [0.15, 0.2) is 5.78 Å². The first kappa shape index (κ1) is 15.8. The van der Waals surface area contributed by atoms with Crippen molar-refractivity contribution in [2.24, 2.45) is 0 Å². The summed E-state index contributed by atoms with van der Waals surface area (Å²) in [7, 11) is 0. The van der Waals surface area contributed by atoms with E-state index in [9.17, 15) is 9.18 Å². The SMILES string of the molecule is CCCCN(CCO)CC(=O)Cc1ccc(F)cc1. The van der Waals surface area contributed by atoms with Crippen LogP contribution in [0.3, 0.4) is 0 Å². The minimum absolute atomic E-state index is 0.0630. The summed E-state index contributed by atoms with van der Waals surface area (Å²) in [5, 5.41) is 8.97. The number of halogens is 1. The molecule has 0 aromatic heterocycles. The molecule has 19 heavy (non-hydrogen) atoms. The van der Waals surface area contributed by atoms with Crippen LogP contribution in [0.15, 0.2) is 24.3 Å². The monoisotopic (exact) mass is 267 g/mol. The van der Waals surface area contributed by atoms with Crippen molar-refractivity contribution in [1.82, 2.24) is 4.90 Å². The van der Waals surface area contributed by atoms with Crippen LogP contribution < -0.4 is 0 Å². The van der Waals surface area contributed by atoms with E-state index in [0.717, 1.165) is 24.9 Å². The van der Waals surface area contributed by atoms with Gasteiger partial charge in [0.05, 0.1) is 13.2 Å². The predicted molar refractivity (Wildman–Crippen MR) is 73.5 cm³/mol. The van der Waals surface area contributed by atoms with Gasteiger partial charge in [-0.1, -0.05) is 25.5 Å². The smallest absolute Gasteiger partial charge is 0.151 e. The minimum atomic E-state index is -0.291. The number of benzene rings is 1. The molecule has 1 aromatic carbocycles. The molecule has 106 valence electrons. The van der Waals surface area contributed by atoms with Crippen LogP contribution >= 0.6 is 0 Å². The third-order valence-electron chi connectivity index (χ3n) is 2.96. The quantitative estimate of drug-likeness (QED) is 0.744. The lowest BCUT2D eigenvalue weighted by molar-refractivity contribution is -0.119. The van der Waals surface area contributed by atoms with Crippen molar-refractivity contribution >= 4 is 5.78 Å². The second-order valence-corrected chi connectivity index (χ2v) is 4.70. The Labute approximate surface area is 114 Å². The fourth-order valence-corrected chi connectivity index (χ4v) is 1.93. The highest BCUT2D eigenvalue weighted by Gasteiger charge is 2.10. The molecule has 0 saturated heterocycles. The van der Waals surface area contributed by atoms with Gasteiger partial charge in [-0.3, -0.25) is 9.69 Å². The number of carbonyl (C=O) groups excluding carboxylic acids is 1. The molecular formula is C15H22FNO2. The highest BCUT2D eigenvalue weighted by Crippen LogP contribution is 2.05. The van der Waals surface area contributed by atoms with Gasteiger partial charge in [0.25, 0.3) is 0 Å². The number of rotatable bonds is 9. The van der Waals surface area contributed by atoms with E-state index in [1.54, 1.807) is 12.1 Å². The Morgan fingerprint density at radius 2 is 1.95 bits per heavy atom. The summed E-state index contributed by atoms with van der Waals surface area (Å²) in [6, 6.07) is 6.00. The summed E-state index contributed by atoms with van der Waals surface area (Å²) in [4.78, 5) is 13.9. The molecule has 0 amide bonds. The van der Waals surface area contributed by atoms with E-state index in [0.29, 0.717) is 19.5 Å². The number of unbranched alkanes of at least 4 members (excludes halogenated alkanes) is 1. The Hall–Kier alpha value is -1.26. The second-order valence-electron chi connectivity index (χ2n) is 4.70. The van der Waals surface area contributed by atoms with Crippen molar-refractivity contribution in [2.75, 3.05) is 26.2 Å². The van der Waals surface area contributed by atoms with Crippen LogP contribution in [0.2, 0.25) is 0 Å². The summed E-state index contributed by atoms with van der Waals surface area (Å²) >= 11 is 0. The molecule has 0 fully saturated rings. The molecule has 3 nitrogen and oxygen atoms in total. The molecule has 0 aliphatic carbocycles. The fraction of sp³-hybridized carbons (Fsp3) is 0.533. The van der Waals surface area contributed by atoms with Gasteiger partial charge in [0.2, 0.25) is 0 Å². The standard InChI is InChI=1S/C15H22FNO2/c1-2-3-8-17(9-10-18)12-15(19)11-13-4-6-14(16)7-5-13/h4-7,18H,2-3,8-12H2,1H3. The zero-order chi connectivity index (χ0) is 14.1. The molecule has 0 aliphatic heterocycles. The molecule has 0 heterocycles. The average Bonchev–Trinajstić information content (AvgIpc) is 2.39. The molecule has 1 aromatic rings. The van der Waals surface area contributed by atoms with Crippen LogP contribution in [0, 0.1) is 5.82 Å². The summed E-state index contributed by atoms with van der Waals surface area (Å²) in [6.45, 7) is 3.85. The van der Waals surface area contributed by atoms with E-state index in [2.05, 4.69) is 6.92 Å². The molecule has 0 atom stereocenters. The maximum atomic E-state index is 12.8. The number of hydrogen-bond donors (Lipinski definition) is 1. The normalized spacial score (nSPS) is 10.9. The van der Waals surface area contributed by atoms with Crippen LogP contribution in [0.4, 0.5) is 4.39 Å². The van der Waals surface area contributed by atoms with Gasteiger partial charge in [-0.25, -0.2) is 4.39 Å². The van der Waals surface area contributed by atoms with Gasteiger partial charge in [-0.2, -0.15) is 0 Å². The number of nitrogens with zero attached hydrogens (tertiary/aromatic N) is 1. The van der Waals surface area contributed by atoms with Crippen LogP contribution in [0.1, 0.15) is 25.3 Å². The van der Waals surface area contributed by atoms with Gasteiger partial charge in [-0.15, -0.1) is 0 Å². The van der Waals surface area contributed by atoms with Gasteiger partial charge < -0.3 is 5.11 Å². The Morgan fingerprint density at radius 1 is 1.26 bits per heavy atom. The molecule has 0 saturated carbocycles. The first-order chi connectivity index (χ1) is 9.15. The van der Waals surface area contributed by atoms with E-state index in [-0.39, 0.29) is 18.2 Å². The maximum Gasteiger partial charge on any atom is 0.151 e. The van der Waals surface area contributed by atoms with Crippen molar-refractivity contribution in [1.29, 1.82) is 0 Å². The number of carbonyl (C=O) groups is 1. The molecule has 0 unspecified atom stereocenters. The summed E-state index contributed by atoms with van der Waals surface area (Å²) in [5.74, 6) is -0.197. The number of aliphatic hydroxyl groups is 1. The third-order valence-corrected chi connectivity index (χ3v) is 2.96. The van der Waals surface area contributed by atoms with E-state index >= 15 is 0 Å². The van der Waals surface area contributed by atoms with Gasteiger partial charge in [0, 0.05) is 13.0 Å². The average molecular weight is 267 g/mol. The molecule has 1 N–H and O–H groups in total. The lowest BCUT2D eigenvalue weighted by Gasteiger charge is -2.20. The summed E-state index contributed by atoms with van der Waals surface area (Å²) in [6.07, 6.45) is 2.40. The molecule has 0 radical (unpaired) electrons. The van der Waals surface area contributed by atoms with Crippen molar-refractivity contribution in [3.05, 3.63) is 35.6 Å². The Bertz CT molecular complexity index is 378. The Balaban J connectivity index is 2.45. The number of Topliss-reactive ketones (excluding diaryl/α,β-unsaturated/α-hetero) is 1. The number of aliphatic hydroxyl groups excluding tert-OH is 1. The van der Waals surface area contributed by atoms with E-state index in [4.69, 9.17) is 5.11 Å². The van der Waals surface area contributed by atoms with Gasteiger partial charge in [-0.05, 0) is 30.7 Å². The largest absolute Gasteiger partial charge is 0.395 e.